The summed E-state index contributed by atoms with van der Waals surface area (Å²) in [6, 6.07) is 0. The Hall–Kier alpha value is -1.31. The summed E-state index contributed by atoms with van der Waals surface area (Å²) >= 11 is 0. The molecule has 0 atom stereocenters. The molecule has 0 amide bonds. The smallest absolute Gasteiger partial charge is 0.114 e. The number of aliphatic imine (C=N–C) groups is 1. The van der Waals surface area contributed by atoms with Crippen LogP contribution in [0.15, 0.2) is 40.2 Å². The zero-order valence-corrected chi connectivity index (χ0v) is 8.83. The number of nitrogens with zero attached hydrogens (tertiary/aromatic N) is 2. The van der Waals surface area contributed by atoms with Gasteiger partial charge in [-0.05, 0) is 36.1 Å². The molecule has 2 rings (SSSR count). The van der Waals surface area contributed by atoms with Crippen LogP contribution in [0.2, 0.25) is 0 Å². The molecule has 0 aromatic heterocycles. The average Bonchev–Trinajstić information content (AvgIpc) is 2.27. The van der Waals surface area contributed by atoms with Crippen molar-refractivity contribution in [2.45, 2.75) is 26.7 Å². The largest absolute Gasteiger partial charge is 0.328 e. The van der Waals surface area contributed by atoms with Gasteiger partial charge in [-0.25, -0.2) is 0 Å². The summed E-state index contributed by atoms with van der Waals surface area (Å²) in [4.78, 5) is 6.44. The van der Waals surface area contributed by atoms with Gasteiger partial charge < -0.3 is 4.90 Å². The zero-order chi connectivity index (χ0) is 9.97. The van der Waals surface area contributed by atoms with Crippen molar-refractivity contribution in [3.05, 3.63) is 35.2 Å². The van der Waals surface area contributed by atoms with E-state index in [1.165, 1.54) is 16.8 Å². The van der Waals surface area contributed by atoms with E-state index in [1.807, 2.05) is 6.21 Å². The Labute approximate surface area is 85.3 Å². The summed E-state index contributed by atoms with van der Waals surface area (Å²) in [5.74, 6) is 0. The van der Waals surface area contributed by atoms with Crippen LogP contribution in [0, 0.1) is 0 Å². The highest BCUT2D eigenvalue weighted by atomic mass is 15.2. The highest BCUT2D eigenvalue weighted by Crippen LogP contribution is 2.27. The number of fused-ring (bicyclic) bond motifs is 1. The van der Waals surface area contributed by atoms with Crippen molar-refractivity contribution in [1.82, 2.24) is 4.90 Å². The fourth-order valence-corrected chi connectivity index (χ4v) is 1.88. The van der Waals surface area contributed by atoms with E-state index in [9.17, 15) is 0 Å². The minimum atomic E-state index is 0.767. The average molecular weight is 188 g/mol. The van der Waals surface area contributed by atoms with Crippen molar-refractivity contribution >= 4 is 6.21 Å². The Balaban J connectivity index is 2.34. The van der Waals surface area contributed by atoms with Crippen LogP contribution in [-0.2, 0) is 0 Å². The maximum Gasteiger partial charge on any atom is 0.114 e. The first-order valence-corrected chi connectivity index (χ1v) is 5.23. The Morgan fingerprint density at radius 2 is 2.07 bits per heavy atom. The third-order valence-corrected chi connectivity index (χ3v) is 2.72. The Morgan fingerprint density at radius 1 is 1.29 bits per heavy atom. The van der Waals surface area contributed by atoms with Crippen LogP contribution in [-0.4, -0.2) is 17.8 Å². The molecule has 74 valence electrons. The maximum atomic E-state index is 4.23. The molecule has 0 bridgehead atoms. The summed E-state index contributed by atoms with van der Waals surface area (Å²) < 4.78 is 0. The second-order valence-corrected chi connectivity index (χ2v) is 3.57. The van der Waals surface area contributed by atoms with Crippen LogP contribution in [0.1, 0.15) is 26.7 Å². The summed E-state index contributed by atoms with van der Waals surface area (Å²) in [5.41, 5.74) is 4.18. The molecule has 0 radical (unpaired) electrons. The number of hydrogen-bond acceptors (Lipinski definition) is 2. The number of rotatable bonds is 2. The molecule has 2 aliphatic heterocycles. The molecule has 0 aliphatic carbocycles. The molecule has 0 fully saturated rings. The van der Waals surface area contributed by atoms with Gasteiger partial charge in [0, 0.05) is 18.1 Å². The van der Waals surface area contributed by atoms with Gasteiger partial charge in [0.15, 0.2) is 0 Å². The normalized spacial score (nSPS) is 19.9. The third kappa shape index (κ3) is 1.52. The molecule has 0 saturated heterocycles. The van der Waals surface area contributed by atoms with Gasteiger partial charge in [0.25, 0.3) is 0 Å². The molecule has 0 saturated carbocycles. The highest BCUT2D eigenvalue weighted by molar-refractivity contribution is 5.74. The minimum absolute atomic E-state index is 0.767. The first-order chi connectivity index (χ1) is 6.85. The van der Waals surface area contributed by atoms with Gasteiger partial charge in [-0.15, -0.1) is 0 Å². The van der Waals surface area contributed by atoms with E-state index < -0.39 is 0 Å². The standard InChI is InChI=1S/C12H16N2/c1-3-10-7-12-5-6-13-9-14(12)8-11(10)4-2/h5-8H,3-4,9H2,1-2H3. The minimum Gasteiger partial charge on any atom is -0.328 e. The quantitative estimate of drug-likeness (QED) is 0.650. The van der Waals surface area contributed by atoms with Gasteiger partial charge in [-0.2, -0.15) is 0 Å². The van der Waals surface area contributed by atoms with Gasteiger partial charge in [0.05, 0.1) is 0 Å². The van der Waals surface area contributed by atoms with Crippen molar-refractivity contribution in [3.63, 3.8) is 0 Å². The van der Waals surface area contributed by atoms with Crippen molar-refractivity contribution in [2.75, 3.05) is 6.67 Å². The molecule has 0 aromatic carbocycles. The first kappa shape index (κ1) is 9.25. The number of hydrogen-bond donors (Lipinski definition) is 0. The zero-order valence-electron chi connectivity index (χ0n) is 8.83. The van der Waals surface area contributed by atoms with Crippen LogP contribution < -0.4 is 0 Å². The van der Waals surface area contributed by atoms with E-state index in [4.69, 9.17) is 0 Å². The molecule has 2 heterocycles. The lowest BCUT2D eigenvalue weighted by Crippen LogP contribution is -2.22. The van der Waals surface area contributed by atoms with E-state index in [0.717, 1.165) is 19.5 Å². The lowest BCUT2D eigenvalue weighted by Gasteiger charge is -2.28. The van der Waals surface area contributed by atoms with Crippen LogP contribution in [0.25, 0.3) is 0 Å². The predicted octanol–water partition coefficient (Wildman–Crippen LogP) is 2.86. The number of allylic oxidation sites excluding steroid dienone is 4. The molecule has 0 unspecified atom stereocenters. The fourth-order valence-electron chi connectivity index (χ4n) is 1.88. The lowest BCUT2D eigenvalue weighted by atomic mass is 9.97. The molecule has 2 aliphatic rings. The predicted molar refractivity (Wildman–Crippen MR) is 60.0 cm³/mol. The third-order valence-electron chi connectivity index (χ3n) is 2.72. The van der Waals surface area contributed by atoms with Gasteiger partial charge in [0.1, 0.15) is 6.67 Å². The summed E-state index contributed by atoms with van der Waals surface area (Å²) in [6.07, 6.45) is 10.7. The van der Waals surface area contributed by atoms with Gasteiger partial charge in [0.2, 0.25) is 0 Å². The monoisotopic (exact) mass is 188 g/mol. The van der Waals surface area contributed by atoms with Crippen LogP contribution >= 0.6 is 0 Å². The van der Waals surface area contributed by atoms with Crippen LogP contribution in [0.5, 0.6) is 0 Å². The summed E-state index contributed by atoms with van der Waals surface area (Å²) in [6.45, 7) is 5.18. The van der Waals surface area contributed by atoms with Gasteiger partial charge in [-0.3, -0.25) is 4.99 Å². The Kier molecular flexibility index (Phi) is 2.53. The van der Waals surface area contributed by atoms with Crippen LogP contribution in [0.4, 0.5) is 0 Å². The van der Waals surface area contributed by atoms with E-state index in [0.29, 0.717) is 0 Å². The van der Waals surface area contributed by atoms with E-state index in [1.54, 1.807) is 0 Å². The fraction of sp³-hybridized carbons (Fsp3) is 0.417. The van der Waals surface area contributed by atoms with E-state index >= 15 is 0 Å². The molecular formula is C12H16N2. The first-order valence-electron chi connectivity index (χ1n) is 5.23. The molecule has 2 heteroatoms. The highest BCUT2D eigenvalue weighted by Gasteiger charge is 2.15. The summed E-state index contributed by atoms with van der Waals surface area (Å²) in [5, 5.41) is 0. The SMILES string of the molecule is CCC1=CC2=CC=NCN2C=C1CC. The van der Waals surface area contributed by atoms with Gasteiger partial charge >= 0.3 is 0 Å². The Bertz CT molecular complexity index is 345. The van der Waals surface area contributed by atoms with Crippen LogP contribution in [0.3, 0.4) is 0 Å². The van der Waals surface area contributed by atoms with Crippen molar-refractivity contribution in [3.8, 4) is 0 Å². The molecule has 2 nitrogen and oxygen atoms in total. The molecular weight excluding hydrogens is 172 g/mol. The van der Waals surface area contributed by atoms with Crippen molar-refractivity contribution < 1.29 is 0 Å². The molecule has 0 N–H and O–H groups in total. The molecule has 0 spiro atoms. The van der Waals surface area contributed by atoms with Crippen molar-refractivity contribution in [2.24, 2.45) is 4.99 Å². The van der Waals surface area contributed by atoms with E-state index in [-0.39, 0.29) is 0 Å². The molecule has 0 aromatic rings. The second-order valence-electron chi connectivity index (χ2n) is 3.57. The maximum absolute atomic E-state index is 4.23. The van der Waals surface area contributed by atoms with Gasteiger partial charge in [-0.1, -0.05) is 13.8 Å². The second kappa shape index (κ2) is 3.82. The van der Waals surface area contributed by atoms with Crippen molar-refractivity contribution in [1.29, 1.82) is 0 Å². The topological polar surface area (TPSA) is 15.6 Å². The molecule has 14 heavy (non-hydrogen) atoms. The summed E-state index contributed by atoms with van der Waals surface area (Å²) in [7, 11) is 0. The van der Waals surface area contributed by atoms with E-state index in [2.05, 4.69) is 42.1 Å². The Morgan fingerprint density at radius 3 is 2.79 bits per heavy atom. The lowest BCUT2D eigenvalue weighted by molar-refractivity contribution is 0.479.